The molecule has 6 heteroatoms. The Morgan fingerprint density at radius 3 is 1.97 bits per heavy atom. The number of rotatable bonds is 14. The highest BCUT2D eigenvalue weighted by Gasteiger charge is 2.42. The molecule has 0 saturated heterocycles. The third-order valence-corrected chi connectivity index (χ3v) is 6.07. The highest BCUT2D eigenvalue weighted by atomic mass is 19.3. The van der Waals surface area contributed by atoms with Gasteiger partial charge in [0, 0.05) is 6.07 Å². The zero-order valence-electron chi connectivity index (χ0n) is 20.9. The molecule has 0 unspecified atom stereocenters. The predicted molar refractivity (Wildman–Crippen MR) is 134 cm³/mol. The minimum atomic E-state index is -4.26. The Balaban J connectivity index is 1.63. The van der Waals surface area contributed by atoms with E-state index in [0.717, 1.165) is 36.8 Å². The van der Waals surface area contributed by atoms with E-state index in [1.54, 1.807) is 36.4 Å². The maximum Gasteiger partial charge on any atom is 0.432 e. The van der Waals surface area contributed by atoms with Gasteiger partial charge < -0.3 is 9.47 Å². The van der Waals surface area contributed by atoms with Crippen molar-refractivity contribution in [3.63, 3.8) is 0 Å². The quantitative estimate of drug-likeness (QED) is 0.162. The number of unbranched alkanes of at least 4 members (excludes halogenated alkanes) is 6. The van der Waals surface area contributed by atoms with Gasteiger partial charge in [-0.3, -0.25) is 0 Å². The molecule has 0 N–H and O–H groups in total. The molecule has 0 spiro atoms. The topological polar surface area (TPSA) is 18.5 Å². The summed E-state index contributed by atoms with van der Waals surface area (Å²) >= 11 is 0. The molecule has 0 aliphatic heterocycles. The molecule has 0 aliphatic carbocycles. The monoisotopic (exact) mass is 501 g/mol. The zero-order chi connectivity index (χ0) is 26.0. The molecule has 2 nitrogen and oxygen atoms in total. The summed E-state index contributed by atoms with van der Waals surface area (Å²) in [4.78, 5) is 0. The minimum absolute atomic E-state index is 0.187. The highest BCUT2D eigenvalue weighted by molar-refractivity contribution is 5.38. The molecular formula is C30H33F4O2. The average molecular weight is 502 g/mol. The van der Waals surface area contributed by atoms with E-state index in [1.807, 2.05) is 6.92 Å². The normalized spacial score (nSPS) is 11.5. The van der Waals surface area contributed by atoms with E-state index >= 15 is 0 Å². The number of ether oxygens (including phenoxy) is 2. The van der Waals surface area contributed by atoms with Crippen LogP contribution in [0.25, 0.3) is 0 Å². The molecule has 3 rings (SSSR count). The summed E-state index contributed by atoms with van der Waals surface area (Å²) in [5.74, 6) is -3.63. The molecule has 193 valence electrons. The van der Waals surface area contributed by atoms with E-state index < -0.39 is 29.1 Å². The SMILES string of the molecule is CCCCCCCCCc1ccc(OC(F)(F)c2c(F)c[c]c(Oc3ccc(CC)cc3)c2F)cc1. The van der Waals surface area contributed by atoms with Crippen molar-refractivity contribution in [3.05, 3.63) is 89.0 Å². The molecule has 0 atom stereocenters. The van der Waals surface area contributed by atoms with Crippen molar-refractivity contribution in [1.82, 2.24) is 0 Å². The number of aryl methyl sites for hydroxylation is 2. The van der Waals surface area contributed by atoms with Crippen LogP contribution in [0.4, 0.5) is 17.6 Å². The number of hydrogen-bond donors (Lipinski definition) is 0. The summed E-state index contributed by atoms with van der Waals surface area (Å²) in [7, 11) is 0. The molecule has 0 aliphatic rings. The summed E-state index contributed by atoms with van der Waals surface area (Å²) < 4.78 is 69.1. The van der Waals surface area contributed by atoms with Gasteiger partial charge in [-0.15, -0.1) is 0 Å². The second-order valence-corrected chi connectivity index (χ2v) is 8.89. The van der Waals surface area contributed by atoms with Crippen molar-refractivity contribution in [2.45, 2.75) is 77.7 Å². The molecule has 0 fully saturated rings. The van der Waals surface area contributed by atoms with Gasteiger partial charge >= 0.3 is 6.11 Å². The maximum absolute atomic E-state index is 14.9. The Kier molecular flexibility index (Phi) is 10.2. The minimum Gasteiger partial charge on any atom is -0.454 e. The third-order valence-electron chi connectivity index (χ3n) is 6.07. The fourth-order valence-corrected chi connectivity index (χ4v) is 3.94. The number of hydrogen-bond acceptors (Lipinski definition) is 2. The third kappa shape index (κ3) is 7.74. The summed E-state index contributed by atoms with van der Waals surface area (Å²) in [6, 6.07) is 15.7. The van der Waals surface area contributed by atoms with Crippen molar-refractivity contribution < 1.29 is 27.0 Å². The average Bonchev–Trinajstić information content (AvgIpc) is 2.86. The van der Waals surface area contributed by atoms with E-state index in [0.29, 0.717) is 6.07 Å². The van der Waals surface area contributed by atoms with Gasteiger partial charge in [0.2, 0.25) is 0 Å². The molecular weight excluding hydrogens is 468 g/mol. The standard InChI is InChI=1S/C30H33F4O2/c1-3-5-6-7-8-9-10-11-23-14-18-25(19-15-23)36-30(33,34)28-26(31)20-21-27(29(28)32)35-24-16-12-22(4-2)13-17-24/h12-20H,3-11H2,1-2H3. The lowest BCUT2D eigenvalue weighted by Crippen LogP contribution is -2.25. The fraction of sp³-hybridized carbons (Fsp3) is 0.400. The van der Waals surface area contributed by atoms with Crippen LogP contribution in [-0.4, -0.2) is 0 Å². The maximum atomic E-state index is 14.9. The molecule has 0 saturated carbocycles. The Bertz CT molecular complexity index is 1080. The summed E-state index contributed by atoms with van der Waals surface area (Å²) in [6.45, 7) is 4.16. The Labute approximate surface area is 211 Å². The van der Waals surface area contributed by atoms with Gasteiger partial charge in [0.05, 0.1) is 0 Å². The lowest BCUT2D eigenvalue weighted by molar-refractivity contribution is -0.189. The van der Waals surface area contributed by atoms with Crippen LogP contribution >= 0.6 is 0 Å². The van der Waals surface area contributed by atoms with E-state index in [2.05, 4.69) is 13.0 Å². The van der Waals surface area contributed by atoms with Crippen molar-refractivity contribution >= 4 is 0 Å². The van der Waals surface area contributed by atoms with E-state index in [1.165, 1.54) is 44.2 Å². The first-order chi connectivity index (χ1) is 17.3. The molecule has 1 radical (unpaired) electrons. The fourth-order valence-electron chi connectivity index (χ4n) is 3.94. The first-order valence-electron chi connectivity index (χ1n) is 12.7. The molecule has 0 amide bonds. The Morgan fingerprint density at radius 2 is 1.33 bits per heavy atom. The van der Waals surface area contributed by atoms with Gasteiger partial charge in [0.15, 0.2) is 11.6 Å². The summed E-state index contributed by atoms with van der Waals surface area (Å²) in [5.41, 5.74) is 0.504. The van der Waals surface area contributed by atoms with Gasteiger partial charge in [-0.25, -0.2) is 8.78 Å². The van der Waals surface area contributed by atoms with Crippen LogP contribution < -0.4 is 9.47 Å². The van der Waals surface area contributed by atoms with Crippen LogP contribution in [0.1, 0.15) is 75.5 Å². The van der Waals surface area contributed by atoms with Crippen LogP contribution in [-0.2, 0) is 19.0 Å². The number of alkyl halides is 2. The van der Waals surface area contributed by atoms with Gasteiger partial charge in [-0.2, -0.15) is 8.78 Å². The van der Waals surface area contributed by atoms with Gasteiger partial charge in [-0.05, 0) is 60.7 Å². The lowest BCUT2D eigenvalue weighted by atomic mass is 10.0. The summed E-state index contributed by atoms with van der Waals surface area (Å²) in [6.07, 6.45) is 5.69. The van der Waals surface area contributed by atoms with Gasteiger partial charge in [0.1, 0.15) is 22.9 Å². The Morgan fingerprint density at radius 1 is 0.750 bits per heavy atom. The van der Waals surface area contributed by atoms with Crippen LogP contribution in [0.15, 0.2) is 54.6 Å². The highest BCUT2D eigenvalue weighted by Crippen LogP contribution is 2.38. The molecule has 0 aromatic heterocycles. The van der Waals surface area contributed by atoms with Crippen LogP contribution in [0.5, 0.6) is 17.2 Å². The van der Waals surface area contributed by atoms with Crippen molar-refractivity contribution in [2.24, 2.45) is 0 Å². The Hall–Kier alpha value is -3.02. The second-order valence-electron chi connectivity index (χ2n) is 8.89. The summed E-state index contributed by atoms with van der Waals surface area (Å²) in [5, 5.41) is 0. The van der Waals surface area contributed by atoms with Crippen molar-refractivity contribution in [1.29, 1.82) is 0 Å². The number of benzene rings is 3. The molecule has 3 aromatic carbocycles. The van der Waals surface area contributed by atoms with Crippen LogP contribution in [0, 0.1) is 17.7 Å². The van der Waals surface area contributed by atoms with E-state index in [9.17, 15) is 17.6 Å². The van der Waals surface area contributed by atoms with Crippen molar-refractivity contribution in [2.75, 3.05) is 0 Å². The number of halogens is 4. The zero-order valence-corrected chi connectivity index (χ0v) is 20.9. The smallest absolute Gasteiger partial charge is 0.432 e. The molecule has 36 heavy (non-hydrogen) atoms. The lowest BCUT2D eigenvalue weighted by Gasteiger charge is -2.20. The van der Waals surface area contributed by atoms with E-state index in [-0.39, 0.29) is 11.5 Å². The largest absolute Gasteiger partial charge is 0.454 e. The predicted octanol–water partition coefficient (Wildman–Crippen LogP) is 9.54. The molecule has 0 heterocycles. The van der Waals surface area contributed by atoms with E-state index in [4.69, 9.17) is 9.47 Å². The van der Waals surface area contributed by atoms with Gasteiger partial charge in [-0.1, -0.05) is 76.6 Å². The van der Waals surface area contributed by atoms with Gasteiger partial charge in [0.25, 0.3) is 0 Å². The second kappa shape index (κ2) is 13.3. The molecule has 3 aromatic rings. The molecule has 0 bridgehead atoms. The first kappa shape index (κ1) is 27.6. The van der Waals surface area contributed by atoms with Crippen LogP contribution in [0.3, 0.4) is 0 Å². The van der Waals surface area contributed by atoms with Crippen molar-refractivity contribution in [3.8, 4) is 17.2 Å². The van der Waals surface area contributed by atoms with Crippen LogP contribution in [0.2, 0.25) is 0 Å². The first-order valence-corrected chi connectivity index (χ1v) is 12.7.